The fourth-order valence-electron chi connectivity index (χ4n) is 1.13. The van der Waals surface area contributed by atoms with Crippen molar-refractivity contribution in [2.75, 3.05) is 0 Å². The summed E-state index contributed by atoms with van der Waals surface area (Å²) in [5.74, 6) is -0.229. The van der Waals surface area contributed by atoms with Crippen molar-refractivity contribution in [1.29, 1.82) is 0 Å². The largest absolute Gasteiger partial charge is 2.00 e. The summed E-state index contributed by atoms with van der Waals surface area (Å²) in [5.41, 5.74) is 1.66. The van der Waals surface area contributed by atoms with E-state index in [2.05, 4.69) is 6.07 Å². The molecule has 0 bridgehead atoms. The summed E-state index contributed by atoms with van der Waals surface area (Å²) in [4.78, 5) is 0. The van der Waals surface area contributed by atoms with Crippen LogP contribution in [0.1, 0.15) is 31.9 Å². The van der Waals surface area contributed by atoms with Crippen molar-refractivity contribution in [3.63, 3.8) is 0 Å². The minimum absolute atomic E-state index is 0. The Morgan fingerprint density at radius 1 is 1.29 bits per heavy atom. The third kappa shape index (κ3) is 4.28. The smallest absolute Gasteiger partial charge is 1.00 e. The van der Waals surface area contributed by atoms with Gasteiger partial charge in [0.15, 0.2) is 0 Å². The van der Waals surface area contributed by atoms with E-state index in [0.717, 1.165) is 11.1 Å². The van der Waals surface area contributed by atoms with E-state index in [4.69, 9.17) is 0 Å². The Morgan fingerprint density at radius 2 is 1.79 bits per heavy atom. The Bertz CT molecular complexity index is 292. The van der Waals surface area contributed by atoms with E-state index in [0.29, 0.717) is 0 Å². The van der Waals surface area contributed by atoms with Crippen molar-refractivity contribution in [1.82, 2.24) is 0 Å². The quantitative estimate of drug-likeness (QED) is 0.454. The van der Waals surface area contributed by atoms with Crippen molar-refractivity contribution in [3.05, 3.63) is 35.1 Å². The van der Waals surface area contributed by atoms with Crippen molar-refractivity contribution in [3.8, 4) is 0 Å². The molecule has 0 fully saturated rings. The van der Waals surface area contributed by atoms with E-state index >= 15 is 0 Å². The SMILES string of the molecule is Cc1c[c-]c(F)c(C(C)(C)C)c1.[Br-].[Mg+2]. The Hall–Kier alpha value is 0.396. The van der Waals surface area contributed by atoms with Gasteiger partial charge in [-0.15, -0.1) is 11.6 Å². The molecule has 0 nitrogen and oxygen atoms in total. The molecule has 0 aromatic heterocycles. The van der Waals surface area contributed by atoms with Crippen LogP contribution in [0.25, 0.3) is 0 Å². The van der Waals surface area contributed by atoms with Crippen molar-refractivity contribution < 1.29 is 21.4 Å². The average Bonchev–Trinajstić information content (AvgIpc) is 1.92. The van der Waals surface area contributed by atoms with Gasteiger partial charge in [0.1, 0.15) is 0 Å². The first kappa shape index (κ1) is 16.8. The number of hydrogen-bond donors (Lipinski definition) is 0. The van der Waals surface area contributed by atoms with Crippen LogP contribution in [0.2, 0.25) is 0 Å². The normalized spacial score (nSPS) is 10.1. The Morgan fingerprint density at radius 3 is 2.14 bits per heavy atom. The summed E-state index contributed by atoms with van der Waals surface area (Å²) in [7, 11) is 0. The van der Waals surface area contributed by atoms with Gasteiger partial charge in [-0.05, 0) is 0 Å². The molecule has 0 aliphatic rings. The first-order valence-corrected chi connectivity index (χ1v) is 4.09. The van der Waals surface area contributed by atoms with Crippen LogP contribution in [0.3, 0.4) is 0 Å². The van der Waals surface area contributed by atoms with Gasteiger partial charge < -0.3 is 17.0 Å². The second-order valence-corrected chi connectivity index (χ2v) is 4.15. The molecule has 0 spiro atoms. The summed E-state index contributed by atoms with van der Waals surface area (Å²) in [6, 6.07) is 6.16. The zero-order valence-electron chi connectivity index (χ0n) is 9.12. The standard InChI is InChI=1S/C11H14F.BrH.Mg/c1-8-5-6-10(12)9(7-8)11(2,3)4;;/h5,7H,1-4H3;1H;/q-1;;+2/p-1. The van der Waals surface area contributed by atoms with Crippen LogP contribution < -0.4 is 17.0 Å². The van der Waals surface area contributed by atoms with Crippen LogP contribution in [0.4, 0.5) is 4.39 Å². The first-order valence-electron chi connectivity index (χ1n) is 4.09. The summed E-state index contributed by atoms with van der Waals surface area (Å²) >= 11 is 0. The molecule has 0 aliphatic carbocycles. The predicted octanol–water partition coefficient (Wildman–Crippen LogP) is -0.145. The monoisotopic (exact) mass is 268 g/mol. The molecule has 0 saturated heterocycles. The summed E-state index contributed by atoms with van der Waals surface area (Å²) in [6.45, 7) is 7.95. The van der Waals surface area contributed by atoms with Crippen LogP contribution in [0.15, 0.2) is 12.1 Å². The third-order valence-corrected chi connectivity index (χ3v) is 1.84. The van der Waals surface area contributed by atoms with Gasteiger partial charge in [0.05, 0.1) is 0 Å². The Balaban J connectivity index is 0. The molecule has 0 N–H and O–H groups in total. The zero-order chi connectivity index (χ0) is 9.35. The van der Waals surface area contributed by atoms with Gasteiger partial charge in [0, 0.05) is 5.82 Å². The number of rotatable bonds is 0. The Kier molecular flexibility index (Phi) is 7.30. The van der Waals surface area contributed by atoms with Gasteiger partial charge in [0.25, 0.3) is 0 Å². The average molecular weight is 269 g/mol. The minimum Gasteiger partial charge on any atom is -1.00 e. The molecule has 1 aromatic rings. The zero-order valence-corrected chi connectivity index (χ0v) is 12.1. The number of hydrogen-bond acceptors (Lipinski definition) is 0. The molecular weight excluding hydrogens is 255 g/mol. The summed E-state index contributed by atoms with van der Waals surface area (Å²) in [5, 5.41) is 0. The van der Waals surface area contributed by atoms with E-state index in [9.17, 15) is 4.39 Å². The molecule has 1 aromatic carbocycles. The van der Waals surface area contributed by atoms with Crippen LogP contribution in [-0.4, -0.2) is 23.1 Å². The van der Waals surface area contributed by atoms with E-state index in [1.54, 1.807) is 6.07 Å². The van der Waals surface area contributed by atoms with Crippen LogP contribution in [0, 0.1) is 18.8 Å². The van der Waals surface area contributed by atoms with Crippen LogP contribution in [-0.2, 0) is 5.41 Å². The number of aryl methyl sites for hydroxylation is 1. The van der Waals surface area contributed by atoms with Crippen LogP contribution in [0.5, 0.6) is 0 Å². The fourth-order valence-corrected chi connectivity index (χ4v) is 1.13. The van der Waals surface area contributed by atoms with Gasteiger partial charge >= 0.3 is 23.1 Å². The molecule has 0 heterocycles. The molecule has 0 saturated carbocycles. The van der Waals surface area contributed by atoms with Crippen molar-refractivity contribution in [2.24, 2.45) is 0 Å². The molecule has 0 aliphatic heterocycles. The second kappa shape index (κ2) is 6.08. The van der Waals surface area contributed by atoms with Crippen LogP contribution >= 0.6 is 0 Å². The molecule has 3 heteroatoms. The molecule has 0 unspecified atom stereocenters. The molecule has 74 valence electrons. The van der Waals surface area contributed by atoms with E-state index < -0.39 is 0 Å². The van der Waals surface area contributed by atoms with Gasteiger partial charge in [-0.3, -0.25) is 0 Å². The third-order valence-electron chi connectivity index (χ3n) is 1.84. The van der Waals surface area contributed by atoms with Gasteiger partial charge in [0.2, 0.25) is 0 Å². The maximum atomic E-state index is 13.2. The molecule has 14 heavy (non-hydrogen) atoms. The molecule has 0 radical (unpaired) electrons. The molecule has 0 atom stereocenters. The minimum atomic E-state index is -0.229. The molecule has 0 amide bonds. The van der Waals surface area contributed by atoms with E-state index in [1.807, 2.05) is 33.8 Å². The topological polar surface area (TPSA) is 0 Å². The summed E-state index contributed by atoms with van der Waals surface area (Å²) < 4.78 is 13.2. The van der Waals surface area contributed by atoms with E-state index in [1.165, 1.54) is 0 Å². The fraction of sp³-hybridized carbons (Fsp3) is 0.455. The molecular formula is C11H14BrFMg. The van der Waals surface area contributed by atoms with Crippen molar-refractivity contribution in [2.45, 2.75) is 33.1 Å². The second-order valence-electron chi connectivity index (χ2n) is 4.15. The molecule has 1 rings (SSSR count). The van der Waals surface area contributed by atoms with Gasteiger partial charge in [-0.2, -0.15) is 17.7 Å². The van der Waals surface area contributed by atoms with Gasteiger partial charge in [-0.25, -0.2) is 4.39 Å². The first-order chi connectivity index (χ1) is 5.41. The predicted molar refractivity (Wildman–Crippen MR) is 54.4 cm³/mol. The number of halogens is 2. The van der Waals surface area contributed by atoms with Crippen molar-refractivity contribution >= 4 is 23.1 Å². The van der Waals surface area contributed by atoms with Gasteiger partial charge in [-0.1, -0.05) is 33.1 Å². The Labute approximate surface area is 112 Å². The maximum Gasteiger partial charge on any atom is 2.00 e. The summed E-state index contributed by atoms with van der Waals surface area (Å²) in [6.07, 6.45) is 0. The van der Waals surface area contributed by atoms with E-state index in [-0.39, 0.29) is 51.3 Å². The maximum absolute atomic E-state index is 13.2. The number of benzene rings is 1.